The van der Waals surface area contributed by atoms with Crippen molar-refractivity contribution in [3.8, 4) is 11.5 Å². The summed E-state index contributed by atoms with van der Waals surface area (Å²) >= 11 is 1.65. The molecule has 1 aliphatic rings. The van der Waals surface area contributed by atoms with Gasteiger partial charge in [-0.2, -0.15) is 0 Å². The first-order valence-electron chi connectivity index (χ1n) is 9.84. The number of rotatable bonds is 6. The van der Waals surface area contributed by atoms with Crippen molar-refractivity contribution < 1.29 is 13.6 Å². The topological polar surface area (TPSA) is 58.4 Å². The maximum atomic E-state index is 14.0. The minimum Gasteiger partial charge on any atom is -0.441 e. The van der Waals surface area contributed by atoms with Gasteiger partial charge in [-0.15, -0.1) is 11.3 Å². The average molecular weight is 414 g/mol. The van der Waals surface area contributed by atoms with Gasteiger partial charge >= 0.3 is 0 Å². The lowest BCUT2D eigenvalue weighted by Crippen LogP contribution is -2.42. The third-order valence-corrected chi connectivity index (χ3v) is 6.14. The van der Waals surface area contributed by atoms with E-state index in [-0.39, 0.29) is 17.6 Å². The second-order valence-electron chi connectivity index (χ2n) is 7.37. The van der Waals surface area contributed by atoms with Crippen molar-refractivity contribution in [3.63, 3.8) is 0 Å². The second kappa shape index (κ2) is 8.88. The zero-order valence-electron chi connectivity index (χ0n) is 16.4. The average Bonchev–Trinajstić information content (AvgIpc) is 3.37. The quantitative estimate of drug-likeness (QED) is 0.652. The highest BCUT2D eigenvalue weighted by Crippen LogP contribution is 2.26. The molecular weight excluding hydrogens is 389 g/mol. The number of carbonyl (C=O) groups excluding carboxylic acids is 1. The molecule has 7 heteroatoms. The molecule has 0 bridgehead atoms. The Morgan fingerprint density at radius 1 is 1.34 bits per heavy atom. The highest BCUT2D eigenvalue weighted by Gasteiger charge is 2.27. The standard InChI is InChI=1S/C22H24FN3O2S/c1-15-20(25-22(28-15)18-8-2-3-9-19(18)23)14-26-10-4-6-16(13-26)21(27)24-12-17-7-5-11-29-17/h2-3,5,7-9,11,16H,4,6,10,12-14H2,1H3,(H,24,27). The number of oxazole rings is 1. The van der Waals surface area contributed by atoms with E-state index in [4.69, 9.17) is 4.42 Å². The molecule has 1 saturated heterocycles. The van der Waals surface area contributed by atoms with Crippen LogP contribution in [0.4, 0.5) is 4.39 Å². The molecule has 1 fully saturated rings. The number of nitrogens with one attached hydrogen (secondary N) is 1. The van der Waals surface area contributed by atoms with Crippen molar-refractivity contribution >= 4 is 17.2 Å². The molecule has 29 heavy (non-hydrogen) atoms. The van der Waals surface area contributed by atoms with Crippen molar-refractivity contribution in [3.05, 3.63) is 63.9 Å². The summed E-state index contributed by atoms with van der Waals surface area (Å²) in [5.41, 5.74) is 1.16. The Labute approximate surface area is 173 Å². The summed E-state index contributed by atoms with van der Waals surface area (Å²) in [6, 6.07) is 10.5. The molecule has 4 rings (SSSR count). The van der Waals surface area contributed by atoms with Crippen molar-refractivity contribution in [2.75, 3.05) is 13.1 Å². The lowest BCUT2D eigenvalue weighted by atomic mass is 9.97. The predicted octanol–water partition coefficient (Wildman–Crippen LogP) is 4.38. The van der Waals surface area contributed by atoms with Gasteiger partial charge in [0.2, 0.25) is 11.8 Å². The summed E-state index contributed by atoms with van der Waals surface area (Å²) in [6.45, 7) is 4.63. The van der Waals surface area contributed by atoms with Crippen LogP contribution in [0.15, 0.2) is 46.2 Å². The molecule has 1 amide bonds. The Morgan fingerprint density at radius 2 is 2.21 bits per heavy atom. The van der Waals surface area contributed by atoms with Crippen LogP contribution in [0, 0.1) is 18.7 Å². The minimum atomic E-state index is -0.347. The van der Waals surface area contributed by atoms with Crippen LogP contribution >= 0.6 is 11.3 Å². The number of carbonyl (C=O) groups is 1. The van der Waals surface area contributed by atoms with Crippen LogP contribution < -0.4 is 5.32 Å². The summed E-state index contributed by atoms with van der Waals surface area (Å²) in [5, 5.41) is 5.06. The number of aryl methyl sites for hydroxylation is 1. The molecule has 1 aromatic carbocycles. The number of likely N-dealkylation sites (tertiary alicyclic amines) is 1. The number of aromatic nitrogens is 1. The van der Waals surface area contributed by atoms with Crippen LogP contribution in [0.25, 0.3) is 11.5 Å². The number of amides is 1. The summed E-state index contributed by atoms with van der Waals surface area (Å²) in [4.78, 5) is 20.5. The van der Waals surface area contributed by atoms with Crippen LogP contribution in [-0.2, 0) is 17.9 Å². The van der Waals surface area contributed by atoms with Crippen molar-refractivity contribution in [1.82, 2.24) is 15.2 Å². The number of thiophene rings is 1. The van der Waals surface area contributed by atoms with E-state index in [0.717, 1.165) is 30.0 Å². The Kier molecular flexibility index (Phi) is 6.06. The molecule has 0 saturated carbocycles. The van der Waals surface area contributed by atoms with Crippen LogP contribution in [0.2, 0.25) is 0 Å². The van der Waals surface area contributed by atoms with E-state index in [9.17, 15) is 9.18 Å². The molecule has 0 aliphatic carbocycles. The van der Waals surface area contributed by atoms with Crippen LogP contribution in [0.3, 0.4) is 0 Å². The smallest absolute Gasteiger partial charge is 0.229 e. The fourth-order valence-corrected chi connectivity index (χ4v) is 4.33. The Morgan fingerprint density at radius 3 is 3.00 bits per heavy atom. The van der Waals surface area contributed by atoms with Gasteiger partial charge in [0.05, 0.1) is 23.7 Å². The highest BCUT2D eigenvalue weighted by atomic mass is 32.1. The van der Waals surface area contributed by atoms with Crippen LogP contribution in [-0.4, -0.2) is 28.9 Å². The first-order chi connectivity index (χ1) is 14.1. The SMILES string of the molecule is Cc1oc(-c2ccccc2F)nc1CN1CCCC(C(=O)NCc2cccs2)C1. The van der Waals surface area contributed by atoms with E-state index in [2.05, 4.69) is 15.2 Å². The number of hydrogen-bond acceptors (Lipinski definition) is 5. The number of piperidine rings is 1. The van der Waals surface area contributed by atoms with Gasteiger partial charge in [-0.3, -0.25) is 9.69 Å². The summed E-state index contributed by atoms with van der Waals surface area (Å²) in [5.74, 6) is 0.722. The van der Waals surface area contributed by atoms with E-state index in [1.54, 1.807) is 29.5 Å². The van der Waals surface area contributed by atoms with Gasteiger partial charge in [-0.1, -0.05) is 18.2 Å². The highest BCUT2D eigenvalue weighted by molar-refractivity contribution is 7.09. The molecular formula is C22H24FN3O2S. The van der Waals surface area contributed by atoms with E-state index < -0.39 is 0 Å². The largest absolute Gasteiger partial charge is 0.441 e. The number of nitrogens with zero attached hydrogens (tertiary/aromatic N) is 2. The Hall–Kier alpha value is -2.51. The van der Waals surface area contributed by atoms with E-state index in [1.807, 2.05) is 24.4 Å². The lowest BCUT2D eigenvalue weighted by molar-refractivity contribution is -0.126. The Balaban J connectivity index is 1.38. The van der Waals surface area contributed by atoms with Gasteiger partial charge < -0.3 is 9.73 Å². The Bertz CT molecular complexity index is 970. The molecule has 1 atom stereocenters. The minimum absolute atomic E-state index is 0.0260. The molecule has 3 heterocycles. The fourth-order valence-electron chi connectivity index (χ4n) is 3.68. The van der Waals surface area contributed by atoms with Gasteiger partial charge in [-0.25, -0.2) is 9.37 Å². The van der Waals surface area contributed by atoms with Gasteiger partial charge in [0.15, 0.2) is 0 Å². The molecule has 1 unspecified atom stereocenters. The van der Waals surface area contributed by atoms with Crippen molar-refractivity contribution in [1.29, 1.82) is 0 Å². The lowest BCUT2D eigenvalue weighted by Gasteiger charge is -2.31. The van der Waals surface area contributed by atoms with Crippen LogP contribution in [0.1, 0.15) is 29.2 Å². The third kappa shape index (κ3) is 4.74. The molecule has 0 radical (unpaired) electrons. The predicted molar refractivity (Wildman–Crippen MR) is 111 cm³/mol. The molecule has 3 aromatic rings. The van der Waals surface area contributed by atoms with Gasteiger partial charge in [0, 0.05) is 18.0 Å². The van der Waals surface area contributed by atoms with Gasteiger partial charge in [0.1, 0.15) is 11.6 Å². The summed E-state index contributed by atoms with van der Waals surface area (Å²) in [6.07, 6.45) is 1.86. The third-order valence-electron chi connectivity index (χ3n) is 5.26. The molecule has 0 spiro atoms. The molecule has 152 valence electrons. The van der Waals surface area contributed by atoms with E-state index in [0.29, 0.717) is 36.8 Å². The zero-order valence-corrected chi connectivity index (χ0v) is 17.2. The molecule has 5 nitrogen and oxygen atoms in total. The van der Waals surface area contributed by atoms with Crippen molar-refractivity contribution in [2.24, 2.45) is 5.92 Å². The number of halogens is 1. The first kappa shape index (κ1) is 19.8. The van der Waals surface area contributed by atoms with Crippen LogP contribution in [0.5, 0.6) is 0 Å². The van der Waals surface area contributed by atoms with Crippen molar-refractivity contribution in [2.45, 2.75) is 32.9 Å². The fraction of sp³-hybridized carbons (Fsp3) is 0.364. The normalized spacial score (nSPS) is 17.4. The number of hydrogen-bond donors (Lipinski definition) is 1. The maximum absolute atomic E-state index is 14.0. The second-order valence-corrected chi connectivity index (χ2v) is 8.41. The van der Waals surface area contributed by atoms with Gasteiger partial charge in [-0.05, 0) is 49.9 Å². The van der Waals surface area contributed by atoms with Gasteiger partial charge in [0.25, 0.3) is 0 Å². The number of benzene rings is 1. The monoisotopic (exact) mass is 413 g/mol. The molecule has 2 aromatic heterocycles. The van der Waals surface area contributed by atoms with E-state index in [1.165, 1.54) is 6.07 Å². The summed E-state index contributed by atoms with van der Waals surface area (Å²) < 4.78 is 19.8. The first-order valence-corrected chi connectivity index (χ1v) is 10.7. The summed E-state index contributed by atoms with van der Waals surface area (Å²) in [7, 11) is 0. The zero-order chi connectivity index (χ0) is 20.2. The molecule has 1 aliphatic heterocycles. The van der Waals surface area contributed by atoms with E-state index >= 15 is 0 Å². The molecule has 1 N–H and O–H groups in total. The maximum Gasteiger partial charge on any atom is 0.229 e.